The fraction of sp³-hybridized carbons (Fsp3) is 0.273. The first kappa shape index (κ1) is 19.6. The number of carbonyl (C=O) groups excluding carboxylic acids is 1. The molecule has 1 unspecified atom stereocenters. The smallest absolute Gasteiger partial charge is 0.255 e. The summed E-state index contributed by atoms with van der Waals surface area (Å²) in [5, 5.41) is 18.1. The summed E-state index contributed by atoms with van der Waals surface area (Å²) in [5.74, 6) is 1.01. The highest BCUT2D eigenvalue weighted by Crippen LogP contribution is 2.36. The molecule has 0 saturated heterocycles. The Kier molecular flexibility index (Phi) is 5.22. The fourth-order valence-corrected chi connectivity index (χ4v) is 3.70. The highest BCUT2D eigenvalue weighted by atomic mass is 16.5. The minimum atomic E-state index is -0.484. The molecule has 2 N–H and O–H groups in total. The quantitative estimate of drug-likeness (QED) is 0.675. The molecule has 1 amide bonds. The second kappa shape index (κ2) is 7.98. The molecule has 1 aliphatic heterocycles. The minimum Gasteiger partial charge on any atom is -0.494 e. The number of rotatable bonds is 5. The molecule has 0 spiro atoms. The van der Waals surface area contributed by atoms with Gasteiger partial charge in [-0.25, -0.2) is 0 Å². The van der Waals surface area contributed by atoms with E-state index in [9.17, 15) is 4.79 Å². The number of hydrogen-bond acceptors (Lipinski definition) is 6. The molecule has 0 bridgehead atoms. The Morgan fingerprint density at radius 2 is 2.03 bits per heavy atom. The summed E-state index contributed by atoms with van der Waals surface area (Å²) in [6.45, 7) is 8.35. The minimum absolute atomic E-state index is 0.208. The number of ether oxygens (including phenoxy) is 1. The van der Waals surface area contributed by atoms with Crippen molar-refractivity contribution < 1.29 is 9.53 Å². The summed E-state index contributed by atoms with van der Waals surface area (Å²) in [5.41, 5.74) is 5.03. The van der Waals surface area contributed by atoms with Crippen molar-refractivity contribution in [2.45, 2.75) is 33.7 Å². The summed E-state index contributed by atoms with van der Waals surface area (Å²) in [6.07, 6.45) is 0. The first-order valence-electron chi connectivity index (χ1n) is 9.85. The molecule has 1 aliphatic rings. The van der Waals surface area contributed by atoms with Gasteiger partial charge >= 0.3 is 0 Å². The Bertz CT molecular complexity index is 1130. The van der Waals surface area contributed by atoms with Gasteiger partial charge in [0.1, 0.15) is 11.8 Å². The van der Waals surface area contributed by atoms with Crippen LogP contribution in [0, 0.1) is 13.8 Å². The van der Waals surface area contributed by atoms with Crippen LogP contribution in [-0.2, 0) is 4.79 Å². The van der Waals surface area contributed by atoms with Gasteiger partial charge in [-0.05, 0) is 67.4 Å². The standard InChI is InChI=1S/C22H24N6O2/c1-5-30-17-8-6-7-16(12-17)20-19(15(4)23-22-25-26-27-28(20)22)21(29)24-18-10-9-13(2)11-14(18)3/h6-12,20H,5H2,1-4H3,(H,24,29)(H,23,25,27). The highest BCUT2D eigenvalue weighted by Gasteiger charge is 2.34. The van der Waals surface area contributed by atoms with Gasteiger partial charge in [0, 0.05) is 11.4 Å². The zero-order valence-corrected chi connectivity index (χ0v) is 17.4. The van der Waals surface area contributed by atoms with E-state index in [0.717, 1.165) is 28.1 Å². The van der Waals surface area contributed by atoms with Gasteiger partial charge in [0.15, 0.2) is 0 Å². The van der Waals surface area contributed by atoms with E-state index in [1.54, 1.807) is 4.68 Å². The first-order valence-corrected chi connectivity index (χ1v) is 9.85. The number of carbonyl (C=O) groups is 1. The van der Waals surface area contributed by atoms with Crippen molar-refractivity contribution in [3.05, 3.63) is 70.4 Å². The van der Waals surface area contributed by atoms with E-state index in [2.05, 4.69) is 26.2 Å². The van der Waals surface area contributed by atoms with Crippen molar-refractivity contribution in [3.8, 4) is 5.75 Å². The van der Waals surface area contributed by atoms with Crippen LogP contribution in [-0.4, -0.2) is 32.7 Å². The van der Waals surface area contributed by atoms with Crippen molar-refractivity contribution in [1.82, 2.24) is 20.2 Å². The molecular weight excluding hydrogens is 380 g/mol. The topological polar surface area (TPSA) is 94.0 Å². The maximum atomic E-state index is 13.4. The van der Waals surface area contributed by atoms with Crippen LogP contribution in [0.2, 0.25) is 0 Å². The third kappa shape index (κ3) is 3.63. The van der Waals surface area contributed by atoms with E-state index >= 15 is 0 Å². The molecule has 0 fully saturated rings. The van der Waals surface area contributed by atoms with Crippen LogP contribution in [0.4, 0.5) is 11.6 Å². The Morgan fingerprint density at radius 3 is 2.80 bits per heavy atom. The van der Waals surface area contributed by atoms with Crippen molar-refractivity contribution in [1.29, 1.82) is 0 Å². The van der Waals surface area contributed by atoms with Gasteiger partial charge in [0.2, 0.25) is 5.95 Å². The van der Waals surface area contributed by atoms with Gasteiger partial charge in [0.25, 0.3) is 5.91 Å². The summed E-state index contributed by atoms with van der Waals surface area (Å²) < 4.78 is 7.28. The van der Waals surface area contributed by atoms with Gasteiger partial charge in [-0.15, -0.1) is 0 Å². The number of anilines is 2. The SMILES string of the molecule is CCOc1cccc(C2C(C(=O)Nc3ccc(C)cc3C)=C(C)Nc3nnnn32)c1. The number of hydrogen-bond donors (Lipinski definition) is 2. The number of amides is 1. The third-order valence-electron chi connectivity index (χ3n) is 5.07. The predicted molar refractivity (Wildman–Crippen MR) is 114 cm³/mol. The Hall–Kier alpha value is -3.68. The van der Waals surface area contributed by atoms with Crippen LogP contribution >= 0.6 is 0 Å². The lowest BCUT2D eigenvalue weighted by atomic mass is 9.94. The Balaban J connectivity index is 1.76. The molecule has 0 saturated carbocycles. The molecule has 2 heterocycles. The summed E-state index contributed by atoms with van der Waals surface area (Å²) in [6, 6.07) is 13.1. The van der Waals surface area contributed by atoms with Crippen LogP contribution in [0.5, 0.6) is 5.75 Å². The van der Waals surface area contributed by atoms with Gasteiger partial charge < -0.3 is 15.4 Å². The predicted octanol–water partition coefficient (Wildman–Crippen LogP) is 3.62. The lowest BCUT2D eigenvalue weighted by Crippen LogP contribution is -2.31. The fourth-order valence-electron chi connectivity index (χ4n) is 3.70. The number of tetrazole rings is 1. The summed E-state index contributed by atoms with van der Waals surface area (Å²) in [7, 11) is 0. The zero-order chi connectivity index (χ0) is 21.3. The molecule has 1 aromatic heterocycles. The third-order valence-corrected chi connectivity index (χ3v) is 5.07. The molecule has 3 aromatic rings. The lowest BCUT2D eigenvalue weighted by Gasteiger charge is -2.28. The van der Waals surface area contributed by atoms with Crippen molar-refractivity contribution in [2.24, 2.45) is 0 Å². The second-order valence-corrected chi connectivity index (χ2v) is 7.29. The molecule has 30 heavy (non-hydrogen) atoms. The maximum Gasteiger partial charge on any atom is 0.255 e. The maximum absolute atomic E-state index is 13.4. The van der Waals surface area contributed by atoms with Crippen LogP contribution < -0.4 is 15.4 Å². The monoisotopic (exact) mass is 404 g/mol. The molecule has 1 atom stereocenters. The average Bonchev–Trinajstić information content (AvgIpc) is 3.17. The Labute approximate surface area is 174 Å². The van der Waals surface area contributed by atoms with E-state index in [1.165, 1.54) is 0 Å². The van der Waals surface area contributed by atoms with Gasteiger partial charge in [-0.1, -0.05) is 34.9 Å². The van der Waals surface area contributed by atoms with Crippen LogP contribution in [0.25, 0.3) is 0 Å². The number of nitrogens with zero attached hydrogens (tertiary/aromatic N) is 4. The normalized spacial score (nSPS) is 15.4. The second-order valence-electron chi connectivity index (χ2n) is 7.29. The van der Waals surface area contributed by atoms with Crippen LogP contribution in [0.3, 0.4) is 0 Å². The number of nitrogens with one attached hydrogen (secondary N) is 2. The number of aromatic nitrogens is 4. The zero-order valence-electron chi connectivity index (χ0n) is 17.4. The lowest BCUT2D eigenvalue weighted by molar-refractivity contribution is -0.113. The molecular formula is C22H24N6O2. The van der Waals surface area contributed by atoms with Crippen molar-refractivity contribution in [2.75, 3.05) is 17.2 Å². The van der Waals surface area contributed by atoms with E-state index < -0.39 is 6.04 Å². The van der Waals surface area contributed by atoms with E-state index in [-0.39, 0.29) is 5.91 Å². The number of aryl methyl sites for hydroxylation is 2. The Morgan fingerprint density at radius 1 is 1.20 bits per heavy atom. The van der Waals surface area contributed by atoms with E-state index in [0.29, 0.717) is 23.8 Å². The van der Waals surface area contributed by atoms with E-state index in [4.69, 9.17) is 4.74 Å². The van der Waals surface area contributed by atoms with Gasteiger partial charge in [-0.2, -0.15) is 4.68 Å². The van der Waals surface area contributed by atoms with Crippen LogP contribution in [0.1, 0.15) is 36.6 Å². The van der Waals surface area contributed by atoms with Gasteiger partial charge in [-0.3, -0.25) is 4.79 Å². The molecule has 2 aromatic carbocycles. The number of fused-ring (bicyclic) bond motifs is 1. The molecule has 4 rings (SSSR count). The highest BCUT2D eigenvalue weighted by molar-refractivity contribution is 6.06. The molecule has 8 heteroatoms. The first-order chi connectivity index (χ1) is 14.5. The molecule has 154 valence electrons. The van der Waals surface area contributed by atoms with E-state index in [1.807, 2.05) is 70.2 Å². The molecule has 8 nitrogen and oxygen atoms in total. The van der Waals surface area contributed by atoms with Crippen molar-refractivity contribution >= 4 is 17.5 Å². The summed E-state index contributed by atoms with van der Waals surface area (Å²) >= 11 is 0. The van der Waals surface area contributed by atoms with Gasteiger partial charge in [0.05, 0.1) is 12.2 Å². The number of benzene rings is 2. The summed E-state index contributed by atoms with van der Waals surface area (Å²) in [4.78, 5) is 13.4. The number of allylic oxidation sites excluding steroid dienone is 1. The largest absolute Gasteiger partial charge is 0.494 e. The van der Waals surface area contributed by atoms with Crippen molar-refractivity contribution in [3.63, 3.8) is 0 Å². The average molecular weight is 404 g/mol. The molecule has 0 aliphatic carbocycles. The van der Waals surface area contributed by atoms with Crippen LogP contribution in [0.15, 0.2) is 53.7 Å². The molecule has 0 radical (unpaired) electrons.